The van der Waals surface area contributed by atoms with Crippen LogP contribution in [0, 0.1) is 5.92 Å². The zero-order chi connectivity index (χ0) is 7.40. The molecule has 0 amide bonds. The lowest BCUT2D eigenvalue weighted by molar-refractivity contribution is 0.826. The first kappa shape index (κ1) is 7.07. The zero-order valence-electron chi connectivity index (χ0n) is 6.09. The molecule has 0 fully saturated rings. The Hall–Kier alpha value is -1.04. The maximum atomic E-state index is 3.81. The molecule has 0 N–H and O–H groups in total. The van der Waals surface area contributed by atoms with E-state index < -0.39 is 0 Å². The molecule has 0 saturated carbocycles. The average molecular weight is 132 g/mol. The Labute approximate surface area is 62.3 Å². The van der Waals surface area contributed by atoms with Crippen molar-refractivity contribution in [2.24, 2.45) is 5.92 Å². The fourth-order valence-corrected chi connectivity index (χ4v) is 0.964. The molecule has 0 atom stereocenters. The van der Waals surface area contributed by atoms with Crippen molar-refractivity contribution in [2.45, 2.75) is 6.42 Å². The van der Waals surface area contributed by atoms with Crippen molar-refractivity contribution in [1.82, 2.24) is 0 Å². The number of allylic oxidation sites excluding steroid dienone is 6. The Kier molecular flexibility index (Phi) is 2.27. The van der Waals surface area contributed by atoms with Gasteiger partial charge in [0.2, 0.25) is 0 Å². The molecule has 10 heavy (non-hydrogen) atoms. The van der Waals surface area contributed by atoms with Gasteiger partial charge in [-0.2, -0.15) is 0 Å². The van der Waals surface area contributed by atoms with Gasteiger partial charge in [-0.1, -0.05) is 37.0 Å². The van der Waals surface area contributed by atoms with Gasteiger partial charge < -0.3 is 0 Å². The molecule has 0 radical (unpaired) electrons. The minimum absolute atomic E-state index is 0.544. The molecule has 0 bridgehead atoms. The second-order valence-electron chi connectivity index (χ2n) is 2.48. The van der Waals surface area contributed by atoms with Crippen molar-refractivity contribution in [3.05, 3.63) is 49.1 Å². The van der Waals surface area contributed by atoms with Gasteiger partial charge in [0.1, 0.15) is 0 Å². The van der Waals surface area contributed by atoms with Crippen molar-refractivity contribution in [3.8, 4) is 0 Å². The Morgan fingerprint density at radius 2 is 2.00 bits per heavy atom. The summed E-state index contributed by atoms with van der Waals surface area (Å²) >= 11 is 0. The highest BCUT2D eigenvalue weighted by Crippen LogP contribution is 2.15. The molecular formula is C10H12. The van der Waals surface area contributed by atoms with E-state index in [0.29, 0.717) is 5.92 Å². The van der Waals surface area contributed by atoms with Crippen LogP contribution < -0.4 is 0 Å². The van der Waals surface area contributed by atoms with Crippen molar-refractivity contribution in [3.63, 3.8) is 0 Å². The lowest BCUT2D eigenvalue weighted by atomic mass is 9.98. The lowest BCUT2D eigenvalue weighted by Crippen LogP contribution is -1.92. The second kappa shape index (κ2) is 3.21. The summed E-state index contributed by atoms with van der Waals surface area (Å²) in [6.07, 6.45) is 11.4. The summed E-state index contributed by atoms with van der Waals surface area (Å²) in [5.41, 5.74) is 1.08. The topological polar surface area (TPSA) is 0 Å². The van der Waals surface area contributed by atoms with Gasteiger partial charge in [0.15, 0.2) is 0 Å². The fraction of sp³-hybridized carbons (Fsp3) is 0.200. The van der Waals surface area contributed by atoms with Crippen LogP contribution in [0.25, 0.3) is 0 Å². The summed E-state index contributed by atoms with van der Waals surface area (Å²) in [5, 5.41) is 0. The highest BCUT2D eigenvalue weighted by molar-refractivity contribution is 5.33. The Bertz CT molecular complexity index is 178. The molecule has 1 rings (SSSR count). The molecule has 0 aromatic rings. The van der Waals surface area contributed by atoms with Crippen LogP contribution in [0.3, 0.4) is 0 Å². The van der Waals surface area contributed by atoms with E-state index in [-0.39, 0.29) is 0 Å². The van der Waals surface area contributed by atoms with E-state index in [1.165, 1.54) is 0 Å². The third-order valence-corrected chi connectivity index (χ3v) is 1.55. The van der Waals surface area contributed by atoms with Crippen LogP contribution in [0.5, 0.6) is 0 Å². The van der Waals surface area contributed by atoms with Crippen molar-refractivity contribution >= 4 is 0 Å². The van der Waals surface area contributed by atoms with E-state index in [0.717, 1.165) is 12.0 Å². The summed E-state index contributed by atoms with van der Waals surface area (Å²) in [7, 11) is 0. The first-order valence-corrected chi connectivity index (χ1v) is 3.49. The van der Waals surface area contributed by atoms with Crippen LogP contribution >= 0.6 is 0 Å². The molecule has 0 heterocycles. The molecule has 0 heteroatoms. The molecule has 1 aliphatic carbocycles. The number of rotatable bonds is 2. The maximum Gasteiger partial charge on any atom is -0.00124 e. The van der Waals surface area contributed by atoms with E-state index in [1.54, 1.807) is 0 Å². The maximum absolute atomic E-state index is 3.81. The molecule has 0 spiro atoms. The van der Waals surface area contributed by atoms with E-state index in [1.807, 2.05) is 18.2 Å². The van der Waals surface area contributed by atoms with E-state index >= 15 is 0 Å². The minimum Gasteiger partial charge on any atom is -0.103 e. The molecule has 1 aliphatic rings. The van der Waals surface area contributed by atoms with Gasteiger partial charge in [0.25, 0.3) is 0 Å². The van der Waals surface area contributed by atoms with E-state index in [9.17, 15) is 0 Å². The van der Waals surface area contributed by atoms with Gasteiger partial charge in [0, 0.05) is 0 Å². The van der Waals surface area contributed by atoms with Gasteiger partial charge >= 0.3 is 0 Å². The van der Waals surface area contributed by atoms with Crippen molar-refractivity contribution in [1.29, 1.82) is 0 Å². The smallest absolute Gasteiger partial charge is 0.00124 e. The standard InChI is InChI=1S/C10H12/c1-3-4-10-7-5-9(2)6-8-10/h3,5-8,10H,1-2,4H2. The highest BCUT2D eigenvalue weighted by Gasteiger charge is 1.99. The lowest BCUT2D eigenvalue weighted by Gasteiger charge is -2.07. The number of hydrogen-bond acceptors (Lipinski definition) is 0. The van der Waals surface area contributed by atoms with Crippen LogP contribution in [0.2, 0.25) is 0 Å². The molecule has 0 nitrogen and oxygen atoms in total. The highest BCUT2D eigenvalue weighted by atomic mass is 14.0. The van der Waals surface area contributed by atoms with Gasteiger partial charge in [-0.15, -0.1) is 6.58 Å². The molecule has 0 aromatic carbocycles. The van der Waals surface area contributed by atoms with Crippen LogP contribution in [0.15, 0.2) is 49.1 Å². The van der Waals surface area contributed by atoms with E-state index in [2.05, 4.69) is 25.3 Å². The predicted octanol–water partition coefficient (Wildman–Crippen LogP) is 2.86. The Morgan fingerprint density at radius 3 is 2.50 bits per heavy atom. The second-order valence-corrected chi connectivity index (χ2v) is 2.48. The third-order valence-electron chi connectivity index (χ3n) is 1.55. The number of hydrogen-bond donors (Lipinski definition) is 0. The first-order valence-electron chi connectivity index (χ1n) is 3.49. The third kappa shape index (κ3) is 1.73. The SMILES string of the molecule is C=CCC1C=CC(=C)C=C1. The monoisotopic (exact) mass is 132 g/mol. The van der Waals surface area contributed by atoms with Crippen LogP contribution in [0.4, 0.5) is 0 Å². The summed E-state index contributed by atoms with van der Waals surface area (Å²) in [6, 6.07) is 0. The van der Waals surface area contributed by atoms with Crippen molar-refractivity contribution < 1.29 is 0 Å². The van der Waals surface area contributed by atoms with Crippen molar-refractivity contribution in [2.75, 3.05) is 0 Å². The summed E-state index contributed by atoms with van der Waals surface area (Å²) in [5.74, 6) is 0.544. The van der Waals surface area contributed by atoms with Gasteiger partial charge in [-0.25, -0.2) is 0 Å². The van der Waals surface area contributed by atoms with Gasteiger partial charge in [-0.3, -0.25) is 0 Å². The molecule has 0 saturated heterocycles. The Balaban J connectivity index is 2.53. The molecular weight excluding hydrogens is 120 g/mol. The largest absolute Gasteiger partial charge is 0.103 e. The summed E-state index contributed by atoms with van der Waals surface area (Å²) in [4.78, 5) is 0. The average Bonchev–Trinajstić information content (AvgIpc) is 1.95. The van der Waals surface area contributed by atoms with Gasteiger partial charge in [-0.05, 0) is 17.9 Å². The summed E-state index contributed by atoms with van der Waals surface area (Å²) in [6.45, 7) is 7.49. The molecule has 0 aromatic heterocycles. The van der Waals surface area contributed by atoms with E-state index in [4.69, 9.17) is 0 Å². The van der Waals surface area contributed by atoms with Crippen LogP contribution in [0.1, 0.15) is 6.42 Å². The Morgan fingerprint density at radius 1 is 1.40 bits per heavy atom. The first-order chi connectivity index (χ1) is 4.83. The molecule has 0 unspecified atom stereocenters. The van der Waals surface area contributed by atoms with Crippen LogP contribution in [-0.4, -0.2) is 0 Å². The predicted molar refractivity (Wildman–Crippen MR) is 45.7 cm³/mol. The summed E-state index contributed by atoms with van der Waals surface area (Å²) < 4.78 is 0. The van der Waals surface area contributed by atoms with Crippen LogP contribution in [-0.2, 0) is 0 Å². The quantitative estimate of drug-likeness (QED) is 0.507. The fourth-order valence-electron chi connectivity index (χ4n) is 0.964. The molecule has 0 aliphatic heterocycles. The van der Waals surface area contributed by atoms with Gasteiger partial charge in [0.05, 0.1) is 0 Å². The zero-order valence-corrected chi connectivity index (χ0v) is 6.09. The minimum atomic E-state index is 0.544. The normalized spacial score (nSPS) is 17.8. The molecule has 52 valence electrons.